The van der Waals surface area contributed by atoms with E-state index in [0.29, 0.717) is 0 Å². The van der Waals surface area contributed by atoms with E-state index in [1.165, 1.54) is 0 Å². The second kappa shape index (κ2) is 42.7. The number of carbonyl (C=O) groups is 6. The van der Waals surface area contributed by atoms with Crippen LogP contribution in [-0.2, 0) is 109 Å². The Kier molecular flexibility index (Phi) is 35.1. The van der Waals surface area contributed by atoms with Gasteiger partial charge in [-0.15, -0.1) is 0 Å². The summed E-state index contributed by atoms with van der Waals surface area (Å²) in [7, 11) is 0. The first-order valence-corrected chi connectivity index (χ1v) is 37.6. The molecule has 9 aliphatic heterocycles. The maximum absolute atomic E-state index is 13.3. The molecule has 9 saturated heterocycles. The molecule has 0 aromatic carbocycles. The Morgan fingerprint density at radius 3 is 0.856 bits per heavy atom. The van der Waals surface area contributed by atoms with Crippen LogP contribution in [0.15, 0.2) is 0 Å². The molecule has 0 aromatic rings. The van der Waals surface area contributed by atoms with E-state index >= 15 is 0 Å². The van der Waals surface area contributed by atoms with Crippen molar-refractivity contribution < 1.29 is 227 Å². The van der Waals surface area contributed by atoms with Crippen LogP contribution in [0.2, 0.25) is 0 Å². The van der Waals surface area contributed by atoms with Gasteiger partial charge in [-0.05, 0) is 0 Å². The number of ether oxygens (including phenoxy) is 17. The Morgan fingerprint density at radius 2 is 0.466 bits per heavy atom. The van der Waals surface area contributed by atoms with E-state index < -0.39 is 371 Å². The Balaban J connectivity index is 1.20. The summed E-state index contributed by atoms with van der Waals surface area (Å²) in [6, 6.07) is -11.1. The van der Waals surface area contributed by atoms with Crippen LogP contribution in [0.25, 0.3) is 0 Å². The lowest BCUT2D eigenvalue weighted by atomic mass is 9.93. The summed E-state index contributed by atoms with van der Waals surface area (Å²) in [6.07, 6.45) is -84.0. The van der Waals surface area contributed by atoms with Crippen LogP contribution in [0.3, 0.4) is 0 Å². The number of aliphatic hydroxyl groups excluding tert-OH is 23. The number of rotatable bonds is 31. The fraction of sp³-hybridized carbons (Fsp3) is 0.909. The molecule has 0 unspecified atom stereocenters. The normalized spacial score (nSPS) is 46.9. The zero-order chi connectivity index (χ0) is 87.1. The molecule has 6 amide bonds. The molecule has 9 rings (SSSR count). The van der Waals surface area contributed by atoms with Gasteiger partial charge < -0.3 is 230 Å². The first kappa shape index (κ1) is 97.0. The van der Waals surface area contributed by atoms with Gasteiger partial charge in [-0.1, -0.05) is 0 Å². The monoisotopic (exact) mass is 1720 g/mol. The van der Waals surface area contributed by atoms with Crippen molar-refractivity contribution >= 4 is 35.4 Å². The van der Waals surface area contributed by atoms with E-state index in [0.717, 1.165) is 41.5 Å². The number of hydrogen-bond donors (Lipinski definition) is 29. The second-order valence-corrected chi connectivity index (χ2v) is 29.7. The number of hydrogen-bond acceptors (Lipinski definition) is 46. The van der Waals surface area contributed by atoms with Gasteiger partial charge in [-0.3, -0.25) is 28.8 Å². The van der Waals surface area contributed by atoms with Gasteiger partial charge in [-0.2, -0.15) is 0 Å². The molecule has 45 atom stereocenters. The fourth-order valence-corrected chi connectivity index (χ4v) is 15.2. The van der Waals surface area contributed by atoms with Crippen LogP contribution in [-0.4, -0.2) is 488 Å². The van der Waals surface area contributed by atoms with Gasteiger partial charge in [0.05, 0.1) is 59.5 Å². The molecule has 0 spiro atoms. The summed E-state index contributed by atoms with van der Waals surface area (Å²) in [5.41, 5.74) is 0. The Hall–Kier alpha value is -4.78. The summed E-state index contributed by atoms with van der Waals surface area (Å²) < 4.78 is 104. The highest BCUT2D eigenvalue weighted by Crippen LogP contribution is 2.41. The average Bonchev–Trinajstić information content (AvgIpc) is 0.759. The smallest absolute Gasteiger partial charge is 0.217 e. The summed E-state index contributed by atoms with van der Waals surface area (Å²) in [4.78, 5) is 76.6. The van der Waals surface area contributed by atoms with E-state index in [1.54, 1.807) is 0 Å². The summed E-state index contributed by atoms with van der Waals surface area (Å²) in [5, 5.41) is 274. The van der Waals surface area contributed by atoms with Gasteiger partial charge in [0.2, 0.25) is 35.4 Å². The van der Waals surface area contributed by atoms with E-state index in [2.05, 4.69) is 31.9 Å². The number of nitrogens with one attached hydrogen (secondary N) is 6. The highest BCUT2D eigenvalue weighted by Gasteiger charge is 2.62. The van der Waals surface area contributed by atoms with Crippen molar-refractivity contribution in [2.45, 2.75) is 318 Å². The van der Waals surface area contributed by atoms with Crippen LogP contribution in [0, 0.1) is 0 Å². The lowest BCUT2D eigenvalue weighted by Gasteiger charge is -2.52. The van der Waals surface area contributed by atoms with E-state index in [-0.39, 0.29) is 0 Å². The van der Waals surface area contributed by atoms with E-state index in [1.807, 2.05) is 0 Å². The molecule has 29 N–H and O–H groups in total. The maximum Gasteiger partial charge on any atom is 0.217 e. The van der Waals surface area contributed by atoms with Crippen LogP contribution >= 0.6 is 0 Å². The van der Waals surface area contributed by atoms with Crippen molar-refractivity contribution in [1.82, 2.24) is 31.9 Å². The molecule has 118 heavy (non-hydrogen) atoms. The van der Waals surface area contributed by atoms with Gasteiger partial charge in [0, 0.05) is 41.5 Å². The van der Waals surface area contributed by atoms with Crippen molar-refractivity contribution in [3.63, 3.8) is 0 Å². The fourth-order valence-electron chi connectivity index (χ4n) is 15.2. The maximum atomic E-state index is 13.3. The first-order chi connectivity index (χ1) is 55.8. The third kappa shape index (κ3) is 22.1. The molecule has 9 fully saturated rings. The quantitative estimate of drug-likeness (QED) is 0.0306. The molecule has 52 heteroatoms. The Morgan fingerprint density at radius 1 is 0.220 bits per heavy atom. The Labute approximate surface area is 669 Å². The first-order valence-electron chi connectivity index (χ1n) is 37.6. The third-order valence-electron chi connectivity index (χ3n) is 21.1. The minimum atomic E-state index is -2.73. The van der Waals surface area contributed by atoms with Gasteiger partial charge in [0.15, 0.2) is 56.6 Å². The molecule has 0 bridgehead atoms. The van der Waals surface area contributed by atoms with Crippen LogP contribution in [0.5, 0.6) is 0 Å². The average molecular weight is 1720 g/mol. The molecule has 0 saturated carbocycles. The summed E-state index contributed by atoms with van der Waals surface area (Å²) >= 11 is 0. The van der Waals surface area contributed by atoms with Crippen molar-refractivity contribution in [3.8, 4) is 0 Å². The van der Waals surface area contributed by atoms with Crippen LogP contribution in [0.1, 0.15) is 41.5 Å². The SMILES string of the molecule is CC(=O)N[C@@H]1[C@@H](O)[C@H](O[C@@H]2O[C@H](CO)[C@@H](O[C@@H]3O[C@H](CO[C@H]4O[C@H](CO[C@@H]5O[C@H](CO)[C@@H](O)[C@H](O)[C@H]5NC(C)=O)[C@@H](O)[C@H](O)[C@@H]4O[C@@H]4O[C@H](CO)[C@@H](O)[C@H](O)[C@H]4NC(C)=O)[C@@H](O[C@@H]4O[C@H](CO)[C@@H](O)[C@H](O)[C@H]4NC(C)=O)[C@H](O[C@H]4O[C@H](CO)[C@@H](O)[C@H](O)[C@@H]4O[C@@H]4O[C@H](CO)[C@@H](O)[C@H](O)[C@H]4NC(C)=O)[C@@H]3O)[C@H](O)[C@H]2NC(C)=O)[C@@H](CO)O[C@H]1O. The number of amides is 6. The highest BCUT2D eigenvalue weighted by molar-refractivity contribution is 5.75. The molecular weight excluding hydrogens is 1610 g/mol. The highest BCUT2D eigenvalue weighted by atomic mass is 16.8. The largest absolute Gasteiger partial charge is 0.394 e. The molecule has 0 radical (unpaired) electrons. The molecule has 680 valence electrons. The number of aliphatic hydroxyl groups is 23. The van der Waals surface area contributed by atoms with Gasteiger partial charge >= 0.3 is 0 Å². The van der Waals surface area contributed by atoms with Crippen molar-refractivity contribution in [2.24, 2.45) is 0 Å². The van der Waals surface area contributed by atoms with E-state index in [4.69, 9.17) is 80.5 Å². The Bertz CT molecular complexity index is 3230. The zero-order valence-electron chi connectivity index (χ0n) is 64.0. The van der Waals surface area contributed by atoms with Crippen molar-refractivity contribution in [2.75, 3.05) is 59.5 Å². The van der Waals surface area contributed by atoms with Crippen LogP contribution < -0.4 is 31.9 Å². The van der Waals surface area contributed by atoms with Crippen molar-refractivity contribution in [1.29, 1.82) is 0 Å². The standard InChI is InChI=1S/C66H110N6O46/c1-16(80)67-31-47(96)52(27(12-78)104-58(31)101)113-63-36(72-21(6)85)48(97)53(28(13-79)110-63)114-64-51(100)55(116-66-57(49(98)41(90)26(11-77)109-66)118-62-35(71-20(5)84)46(95)40(89)25(10-76)108-62)54(115-60-33(69-18(3)82)44(93)38(87)23(8-74)106-60)30(112-64)15-103-65-56(117-61-34(70-19(4)83)45(94)39(88)24(9-75)107-61)50(99)42(91)29(111-65)14-102-59-32(68-17(2)81)43(92)37(86)22(7-73)105-59/h22-66,73-79,86-101H,7-15H2,1-6H3,(H,67,80)(H,68,81)(H,69,82)(H,70,83)(H,71,84)(H,72,85)/t22-,23-,24-,25-,26-,27-,28-,29-,30-,31-,32-,33-,34-,35-,36-,37-,38-,39-,40-,41-,42-,43-,44-,45-,46-,47-,48-,49+,50+,51+,52-,53-,54-,55-,56+,57+,58-,59-,60+,61+,62+,63+,64+,65+,66-/m1/s1. The molecule has 0 aromatic heterocycles. The van der Waals surface area contributed by atoms with Crippen molar-refractivity contribution in [3.05, 3.63) is 0 Å². The molecular formula is C66H110N6O46. The minimum absolute atomic E-state index is 0.812. The van der Waals surface area contributed by atoms with Gasteiger partial charge in [0.1, 0.15) is 219 Å². The lowest BCUT2D eigenvalue weighted by molar-refractivity contribution is -0.407. The topological polar surface area (TPSA) is 797 Å². The van der Waals surface area contributed by atoms with Gasteiger partial charge in [0.25, 0.3) is 0 Å². The van der Waals surface area contributed by atoms with E-state index in [9.17, 15) is 146 Å². The molecule has 9 aliphatic rings. The lowest BCUT2D eigenvalue weighted by Crippen LogP contribution is -2.71. The molecule has 52 nitrogen and oxygen atoms in total. The zero-order valence-corrected chi connectivity index (χ0v) is 64.0. The predicted molar refractivity (Wildman–Crippen MR) is 367 cm³/mol. The molecule has 0 aliphatic carbocycles. The van der Waals surface area contributed by atoms with Crippen LogP contribution in [0.4, 0.5) is 0 Å². The third-order valence-corrected chi connectivity index (χ3v) is 21.1. The minimum Gasteiger partial charge on any atom is -0.394 e. The summed E-state index contributed by atoms with van der Waals surface area (Å²) in [6.45, 7) is -4.46. The second-order valence-electron chi connectivity index (χ2n) is 29.7. The summed E-state index contributed by atoms with van der Waals surface area (Å²) in [5.74, 6) is -5.46. The predicted octanol–water partition coefficient (Wildman–Crippen LogP) is -19.8. The number of carbonyl (C=O) groups excluding carboxylic acids is 6. The van der Waals surface area contributed by atoms with Gasteiger partial charge in [-0.25, -0.2) is 0 Å². The molecule has 9 heterocycles.